The van der Waals surface area contributed by atoms with E-state index in [0.717, 1.165) is 25.6 Å². The van der Waals surface area contributed by atoms with Gasteiger partial charge in [-0.05, 0) is 31.1 Å². The van der Waals surface area contributed by atoms with E-state index in [4.69, 9.17) is 4.74 Å². The zero-order valence-corrected chi connectivity index (χ0v) is 14.6. The first-order valence-corrected chi connectivity index (χ1v) is 9.13. The second-order valence-corrected chi connectivity index (χ2v) is 7.52. The van der Waals surface area contributed by atoms with Crippen LogP contribution in [0, 0.1) is 11.8 Å². The predicted molar refractivity (Wildman–Crippen MR) is 89.8 cm³/mol. The van der Waals surface area contributed by atoms with E-state index in [1.54, 1.807) is 0 Å². The summed E-state index contributed by atoms with van der Waals surface area (Å²) in [4.78, 5) is 13.9. The lowest BCUT2D eigenvalue weighted by Gasteiger charge is -2.41. The molecule has 4 nitrogen and oxygen atoms in total. The Labute approximate surface area is 136 Å². The van der Waals surface area contributed by atoms with Gasteiger partial charge in [-0.1, -0.05) is 33.1 Å². The molecule has 0 spiro atoms. The molecule has 2 aliphatic rings. The van der Waals surface area contributed by atoms with E-state index in [9.17, 15) is 4.79 Å². The molecule has 0 amide bonds. The second kappa shape index (κ2) is 8.88. The first kappa shape index (κ1) is 17.7. The average molecular weight is 310 g/mol. The monoisotopic (exact) mass is 310 g/mol. The van der Waals surface area contributed by atoms with Crippen LogP contribution in [-0.4, -0.2) is 49.7 Å². The fraction of sp³-hybridized carbons (Fsp3) is 0.944. The molecule has 1 aliphatic carbocycles. The molecule has 2 unspecified atom stereocenters. The third-order valence-corrected chi connectivity index (χ3v) is 5.44. The van der Waals surface area contributed by atoms with Crippen LogP contribution in [0.2, 0.25) is 0 Å². The van der Waals surface area contributed by atoms with Crippen LogP contribution in [0.1, 0.15) is 58.8 Å². The zero-order chi connectivity index (χ0) is 15.9. The topological polar surface area (TPSA) is 41.6 Å². The van der Waals surface area contributed by atoms with Crippen molar-refractivity contribution < 1.29 is 9.53 Å². The lowest BCUT2D eigenvalue weighted by atomic mass is 9.84. The molecule has 1 aliphatic heterocycles. The number of carbonyl (C=O) groups is 1. The average Bonchev–Trinajstić information content (AvgIpc) is 2.53. The molecule has 0 bridgehead atoms. The van der Waals surface area contributed by atoms with Crippen molar-refractivity contribution in [3.63, 3.8) is 0 Å². The van der Waals surface area contributed by atoms with E-state index in [1.165, 1.54) is 45.6 Å². The summed E-state index contributed by atoms with van der Waals surface area (Å²) < 4.78 is 4.78. The van der Waals surface area contributed by atoms with E-state index in [1.807, 2.05) is 0 Å². The van der Waals surface area contributed by atoms with E-state index in [0.29, 0.717) is 24.4 Å². The molecule has 1 saturated carbocycles. The maximum atomic E-state index is 11.4. The summed E-state index contributed by atoms with van der Waals surface area (Å²) in [5, 5.41) is 3.92. The van der Waals surface area contributed by atoms with Crippen molar-refractivity contribution in [3.05, 3.63) is 0 Å². The number of esters is 1. The molecule has 0 aromatic carbocycles. The molecule has 2 rings (SSSR count). The SMILES string of the molecule is COC(=O)CCN1CC(NC2CCCCC2)CC(C(C)C)C1. The molecule has 0 radical (unpaired) electrons. The highest BCUT2D eigenvalue weighted by molar-refractivity contribution is 5.69. The van der Waals surface area contributed by atoms with Crippen molar-refractivity contribution in [2.75, 3.05) is 26.7 Å². The fourth-order valence-corrected chi connectivity index (χ4v) is 3.97. The molecule has 1 N–H and O–H groups in total. The summed E-state index contributed by atoms with van der Waals surface area (Å²) in [6.07, 6.45) is 8.63. The molecule has 2 fully saturated rings. The summed E-state index contributed by atoms with van der Waals surface area (Å²) in [7, 11) is 1.48. The van der Waals surface area contributed by atoms with Gasteiger partial charge in [-0.3, -0.25) is 4.79 Å². The first-order valence-electron chi connectivity index (χ1n) is 9.13. The summed E-state index contributed by atoms with van der Waals surface area (Å²) in [5.41, 5.74) is 0. The Morgan fingerprint density at radius 3 is 2.55 bits per heavy atom. The number of likely N-dealkylation sites (tertiary alicyclic amines) is 1. The summed E-state index contributed by atoms with van der Waals surface area (Å²) in [6.45, 7) is 7.69. The van der Waals surface area contributed by atoms with Crippen LogP contribution in [0.3, 0.4) is 0 Å². The van der Waals surface area contributed by atoms with Crippen LogP contribution in [-0.2, 0) is 9.53 Å². The summed E-state index contributed by atoms with van der Waals surface area (Å²) >= 11 is 0. The standard InChI is InChI=1S/C18H34N2O2/c1-14(2)15-11-17(19-16-7-5-4-6-8-16)13-20(12-15)10-9-18(21)22-3/h14-17,19H,4-13H2,1-3H3. The third-order valence-electron chi connectivity index (χ3n) is 5.44. The number of methoxy groups -OCH3 is 1. The van der Waals surface area contributed by atoms with Crippen molar-refractivity contribution in [3.8, 4) is 0 Å². The maximum absolute atomic E-state index is 11.4. The molecule has 2 atom stereocenters. The molecular weight excluding hydrogens is 276 g/mol. The maximum Gasteiger partial charge on any atom is 0.306 e. The largest absolute Gasteiger partial charge is 0.469 e. The van der Waals surface area contributed by atoms with Crippen LogP contribution in [0.5, 0.6) is 0 Å². The van der Waals surface area contributed by atoms with E-state index in [-0.39, 0.29) is 5.97 Å². The number of ether oxygens (including phenoxy) is 1. The number of piperidine rings is 1. The first-order chi connectivity index (χ1) is 10.6. The molecule has 22 heavy (non-hydrogen) atoms. The molecule has 1 saturated heterocycles. The summed E-state index contributed by atoms with van der Waals surface area (Å²) in [5.74, 6) is 1.34. The zero-order valence-electron chi connectivity index (χ0n) is 14.6. The Kier molecular flexibility index (Phi) is 7.16. The van der Waals surface area contributed by atoms with Gasteiger partial charge in [0.15, 0.2) is 0 Å². The third kappa shape index (κ3) is 5.54. The molecule has 4 heteroatoms. The summed E-state index contributed by atoms with van der Waals surface area (Å²) in [6, 6.07) is 1.30. The normalized spacial score (nSPS) is 28.0. The smallest absolute Gasteiger partial charge is 0.306 e. The number of nitrogens with one attached hydrogen (secondary N) is 1. The van der Waals surface area contributed by atoms with Gasteiger partial charge in [0.1, 0.15) is 0 Å². The predicted octanol–water partition coefficient (Wildman–Crippen LogP) is 2.82. The molecule has 0 aromatic heterocycles. The van der Waals surface area contributed by atoms with Gasteiger partial charge in [-0.2, -0.15) is 0 Å². The van der Waals surface area contributed by atoms with E-state index >= 15 is 0 Å². The number of hydrogen-bond acceptors (Lipinski definition) is 4. The van der Waals surface area contributed by atoms with Crippen LogP contribution >= 0.6 is 0 Å². The van der Waals surface area contributed by atoms with Crippen LogP contribution in [0.25, 0.3) is 0 Å². The molecule has 128 valence electrons. The van der Waals surface area contributed by atoms with Gasteiger partial charge in [0, 0.05) is 31.7 Å². The van der Waals surface area contributed by atoms with Gasteiger partial charge in [0.05, 0.1) is 13.5 Å². The van der Waals surface area contributed by atoms with Crippen LogP contribution in [0.4, 0.5) is 0 Å². The minimum atomic E-state index is -0.0940. The molecular formula is C18H34N2O2. The van der Waals surface area contributed by atoms with Crippen molar-refractivity contribution >= 4 is 5.97 Å². The quantitative estimate of drug-likeness (QED) is 0.766. The van der Waals surface area contributed by atoms with Gasteiger partial charge >= 0.3 is 5.97 Å². The molecule has 0 aromatic rings. The Bertz CT molecular complexity index is 340. The fourth-order valence-electron chi connectivity index (χ4n) is 3.97. The van der Waals surface area contributed by atoms with Gasteiger partial charge in [-0.15, -0.1) is 0 Å². The Balaban J connectivity index is 1.86. The highest BCUT2D eigenvalue weighted by Gasteiger charge is 2.30. The highest BCUT2D eigenvalue weighted by Crippen LogP contribution is 2.26. The number of rotatable bonds is 6. The Morgan fingerprint density at radius 2 is 1.91 bits per heavy atom. The minimum Gasteiger partial charge on any atom is -0.469 e. The number of carbonyl (C=O) groups excluding carboxylic acids is 1. The van der Waals surface area contributed by atoms with Gasteiger partial charge in [0.2, 0.25) is 0 Å². The van der Waals surface area contributed by atoms with Crippen molar-refractivity contribution in [2.45, 2.75) is 70.9 Å². The lowest BCUT2D eigenvalue weighted by Crippen LogP contribution is -2.53. The van der Waals surface area contributed by atoms with E-state index in [2.05, 4.69) is 24.1 Å². The lowest BCUT2D eigenvalue weighted by molar-refractivity contribution is -0.141. The van der Waals surface area contributed by atoms with Gasteiger partial charge < -0.3 is 15.0 Å². The number of hydrogen-bond donors (Lipinski definition) is 1. The van der Waals surface area contributed by atoms with Crippen LogP contribution in [0.15, 0.2) is 0 Å². The van der Waals surface area contributed by atoms with Crippen molar-refractivity contribution in [1.82, 2.24) is 10.2 Å². The Hall–Kier alpha value is -0.610. The van der Waals surface area contributed by atoms with Gasteiger partial charge in [-0.25, -0.2) is 0 Å². The second-order valence-electron chi connectivity index (χ2n) is 7.52. The number of nitrogens with zero attached hydrogens (tertiary/aromatic N) is 1. The van der Waals surface area contributed by atoms with Crippen LogP contribution < -0.4 is 5.32 Å². The van der Waals surface area contributed by atoms with Gasteiger partial charge in [0.25, 0.3) is 0 Å². The Morgan fingerprint density at radius 1 is 1.18 bits per heavy atom. The van der Waals surface area contributed by atoms with E-state index < -0.39 is 0 Å². The van der Waals surface area contributed by atoms with Crippen molar-refractivity contribution in [1.29, 1.82) is 0 Å². The van der Waals surface area contributed by atoms with Crippen molar-refractivity contribution in [2.24, 2.45) is 11.8 Å². The molecule has 1 heterocycles. The highest BCUT2D eigenvalue weighted by atomic mass is 16.5. The minimum absolute atomic E-state index is 0.0940.